The summed E-state index contributed by atoms with van der Waals surface area (Å²) >= 11 is 0. The third-order valence-electron chi connectivity index (χ3n) is 4.14. The smallest absolute Gasteiger partial charge is 0.0613 e. The first-order valence-corrected chi connectivity index (χ1v) is 6.90. The van der Waals surface area contributed by atoms with Crippen LogP contribution in [-0.2, 0) is 13.6 Å². The minimum atomic E-state index is -0.0875. The predicted octanol–water partition coefficient (Wildman–Crippen LogP) is 1.76. The zero-order valence-electron chi connectivity index (χ0n) is 11.7. The predicted molar refractivity (Wildman–Crippen MR) is 72.2 cm³/mol. The van der Waals surface area contributed by atoms with Gasteiger partial charge in [-0.25, -0.2) is 0 Å². The summed E-state index contributed by atoms with van der Waals surface area (Å²) in [5.41, 5.74) is 2.14. The van der Waals surface area contributed by atoms with Gasteiger partial charge in [0, 0.05) is 19.1 Å². The summed E-state index contributed by atoms with van der Waals surface area (Å²) in [6.07, 6.45) is 4.64. The van der Waals surface area contributed by atoms with Crippen LogP contribution in [0.5, 0.6) is 0 Å². The average molecular weight is 251 g/mol. The molecule has 1 aliphatic carbocycles. The molecular weight excluding hydrogens is 226 g/mol. The number of aryl methyl sites for hydroxylation is 2. The van der Waals surface area contributed by atoms with Crippen molar-refractivity contribution in [3.8, 4) is 0 Å². The Hall–Kier alpha value is -0.870. The summed E-state index contributed by atoms with van der Waals surface area (Å²) < 4.78 is 1.92. The number of aliphatic hydroxyl groups is 1. The van der Waals surface area contributed by atoms with Crippen LogP contribution in [0.15, 0.2) is 6.07 Å². The van der Waals surface area contributed by atoms with Crippen LogP contribution in [0.25, 0.3) is 0 Å². The fraction of sp³-hybridized carbons (Fsp3) is 0.786. The maximum absolute atomic E-state index is 9.73. The molecule has 102 valence electrons. The number of rotatable bonds is 4. The van der Waals surface area contributed by atoms with Crippen molar-refractivity contribution < 1.29 is 5.11 Å². The summed E-state index contributed by atoms with van der Waals surface area (Å²) in [7, 11) is 1.97. The van der Waals surface area contributed by atoms with Crippen molar-refractivity contribution in [2.45, 2.75) is 51.6 Å². The number of nitrogens with zero attached hydrogens (tertiary/aromatic N) is 2. The van der Waals surface area contributed by atoms with Crippen molar-refractivity contribution in [1.29, 1.82) is 0 Å². The van der Waals surface area contributed by atoms with Gasteiger partial charge in [0.25, 0.3) is 0 Å². The monoisotopic (exact) mass is 251 g/mol. The van der Waals surface area contributed by atoms with Gasteiger partial charge in [0.1, 0.15) is 0 Å². The minimum absolute atomic E-state index is 0.0875. The molecule has 0 bridgehead atoms. The van der Waals surface area contributed by atoms with Crippen LogP contribution >= 0.6 is 0 Å². The molecule has 0 saturated heterocycles. The molecular formula is C14H25N3O. The van der Waals surface area contributed by atoms with Crippen molar-refractivity contribution in [3.63, 3.8) is 0 Å². The summed E-state index contributed by atoms with van der Waals surface area (Å²) in [6.45, 7) is 5.30. The van der Waals surface area contributed by atoms with Crippen LogP contribution in [0, 0.1) is 12.8 Å². The van der Waals surface area contributed by atoms with E-state index >= 15 is 0 Å². The Morgan fingerprint density at radius 3 is 2.94 bits per heavy atom. The Kier molecular flexibility index (Phi) is 4.07. The maximum Gasteiger partial charge on any atom is 0.0613 e. The fourth-order valence-electron chi connectivity index (χ4n) is 3.13. The van der Waals surface area contributed by atoms with Crippen LogP contribution in [0.1, 0.15) is 44.0 Å². The van der Waals surface area contributed by atoms with E-state index in [0.29, 0.717) is 5.92 Å². The second-order valence-corrected chi connectivity index (χ2v) is 5.89. The van der Waals surface area contributed by atoms with Crippen LogP contribution in [-0.4, -0.2) is 27.0 Å². The average Bonchev–Trinajstić information content (AvgIpc) is 2.65. The number of aliphatic hydroxyl groups excluding tert-OH is 1. The van der Waals surface area contributed by atoms with Gasteiger partial charge in [0.05, 0.1) is 18.0 Å². The zero-order chi connectivity index (χ0) is 13.2. The van der Waals surface area contributed by atoms with Crippen molar-refractivity contribution >= 4 is 0 Å². The van der Waals surface area contributed by atoms with Gasteiger partial charge in [0.15, 0.2) is 0 Å². The molecule has 1 saturated carbocycles. The Balaban J connectivity index is 2.00. The SMILES string of the molecule is Cc1cc(CNC2(CO)CCCC(C)C2)n(C)n1. The lowest BCUT2D eigenvalue weighted by Crippen LogP contribution is -2.51. The lowest BCUT2D eigenvalue weighted by molar-refractivity contribution is 0.0976. The Morgan fingerprint density at radius 2 is 2.39 bits per heavy atom. The normalized spacial score (nSPS) is 28.6. The van der Waals surface area contributed by atoms with Gasteiger partial charge in [-0.15, -0.1) is 0 Å². The second-order valence-electron chi connectivity index (χ2n) is 5.89. The van der Waals surface area contributed by atoms with Crippen molar-refractivity contribution in [2.75, 3.05) is 6.61 Å². The molecule has 1 aliphatic rings. The summed E-state index contributed by atoms with van der Waals surface area (Å²) in [6, 6.07) is 2.10. The molecule has 2 N–H and O–H groups in total. The van der Waals surface area contributed by atoms with E-state index in [4.69, 9.17) is 0 Å². The minimum Gasteiger partial charge on any atom is -0.394 e. The third kappa shape index (κ3) is 2.93. The largest absolute Gasteiger partial charge is 0.394 e. The summed E-state index contributed by atoms with van der Waals surface area (Å²) in [4.78, 5) is 0. The van der Waals surface area contributed by atoms with Gasteiger partial charge in [-0.1, -0.05) is 19.8 Å². The van der Waals surface area contributed by atoms with Gasteiger partial charge in [-0.3, -0.25) is 4.68 Å². The topological polar surface area (TPSA) is 50.1 Å². The van der Waals surface area contributed by atoms with Crippen LogP contribution < -0.4 is 5.32 Å². The lowest BCUT2D eigenvalue weighted by Gasteiger charge is -2.39. The van der Waals surface area contributed by atoms with Gasteiger partial charge < -0.3 is 10.4 Å². The molecule has 4 nitrogen and oxygen atoms in total. The molecule has 1 aromatic heterocycles. The molecule has 0 radical (unpaired) electrons. The van der Waals surface area contributed by atoms with E-state index in [1.165, 1.54) is 18.5 Å². The first kappa shape index (κ1) is 13.6. The highest BCUT2D eigenvalue weighted by atomic mass is 16.3. The number of nitrogens with one attached hydrogen (secondary N) is 1. The molecule has 1 fully saturated rings. The van der Waals surface area contributed by atoms with Crippen molar-refractivity contribution in [2.24, 2.45) is 13.0 Å². The standard InChI is InChI=1S/C14H25N3O/c1-11-5-4-6-14(8-11,10-18)15-9-13-7-12(2)16-17(13)3/h7,11,15,18H,4-6,8-10H2,1-3H3. The van der Waals surface area contributed by atoms with E-state index in [1.807, 2.05) is 18.7 Å². The molecule has 2 rings (SSSR count). The molecule has 0 amide bonds. The Morgan fingerprint density at radius 1 is 1.61 bits per heavy atom. The molecule has 18 heavy (non-hydrogen) atoms. The van der Waals surface area contributed by atoms with E-state index in [1.54, 1.807) is 0 Å². The van der Waals surface area contributed by atoms with Gasteiger partial charge >= 0.3 is 0 Å². The lowest BCUT2D eigenvalue weighted by atomic mass is 9.77. The van der Waals surface area contributed by atoms with Crippen LogP contribution in [0.4, 0.5) is 0 Å². The van der Waals surface area contributed by atoms with Gasteiger partial charge in [-0.05, 0) is 31.7 Å². The third-order valence-corrected chi connectivity index (χ3v) is 4.14. The fourth-order valence-corrected chi connectivity index (χ4v) is 3.13. The maximum atomic E-state index is 9.73. The van der Waals surface area contributed by atoms with E-state index in [-0.39, 0.29) is 12.1 Å². The first-order valence-electron chi connectivity index (χ1n) is 6.90. The molecule has 2 atom stereocenters. The molecule has 2 unspecified atom stereocenters. The van der Waals surface area contributed by atoms with Crippen LogP contribution in [0.3, 0.4) is 0 Å². The Labute approximate surface area is 109 Å². The number of hydrogen-bond acceptors (Lipinski definition) is 3. The highest BCUT2D eigenvalue weighted by Crippen LogP contribution is 2.32. The van der Waals surface area contributed by atoms with E-state index in [9.17, 15) is 5.11 Å². The van der Waals surface area contributed by atoms with E-state index in [0.717, 1.165) is 25.1 Å². The highest BCUT2D eigenvalue weighted by Gasteiger charge is 2.33. The molecule has 0 spiro atoms. The van der Waals surface area contributed by atoms with Gasteiger partial charge in [0.2, 0.25) is 0 Å². The van der Waals surface area contributed by atoms with Gasteiger partial charge in [-0.2, -0.15) is 5.10 Å². The first-order chi connectivity index (χ1) is 8.54. The second kappa shape index (κ2) is 5.41. The number of hydrogen-bond donors (Lipinski definition) is 2. The number of aromatic nitrogens is 2. The molecule has 1 heterocycles. The van der Waals surface area contributed by atoms with E-state index in [2.05, 4.69) is 23.4 Å². The molecule has 0 aromatic carbocycles. The summed E-state index contributed by atoms with van der Waals surface area (Å²) in [5, 5.41) is 17.7. The quantitative estimate of drug-likeness (QED) is 0.857. The Bertz CT molecular complexity index is 402. The highest BCUT2D eigenvalue weighted by molar-refractivity contribution is 5.09. The molecule has 1 aromatic rings. The zero-order valence-corrected chi connectivity index (χ0v) is 11.7. The molecule has 0 aliphatic heterocycles. The summed E-state index contributed by atoms with van der Waals surface area (Å²) in [5.74, 6) is 0.701. The van der Waals surface area contributed by atoms with E-state index < -0.39 is 0 Å². The van der Waals surface area contributed by atoms with Crippen molar-refractivity contribution in [3.05, 3.63) is 17.5 Å². The molecule has 4 heteroatoms. The van der Waals surface area contributed by atoms with Crippen LogP contribution in [0.2, 0.25) is 0 Å². The van der Waals surface area contributed by atoms with Crippen molar-refractivity contribution in [1.82, 2.24) is 15.1 Å².